The number of carbonyl (C=O) groups is 2. The number of rotatable bonds is 2. The number of nitrogens with zero attached hydrogens (tertiary/aromatic N) is 2. The Morgan fingerprint density at radius 1 is 1.52 bits per heavy atom. The van der Waals surface area contributed by atoms with Crippen molar-refractivity contribution in [2.45, 2.75) is 32.2 Å². The highest BCUT2D eigenvalue weighted by Crippen LogP contribution is 2.25. The Kier molecular flexibility index (Phi) is 4.05. The molecule has 0 aliphatic carbocycles. The zero-order valence-corrected chi connectivity index (χ0v) is 12.9. The van der Waals surface area contributed by atoms with Crippen LogP contribution in [0, 0.1) is 12.8 Å². The Labute approximate surface area is 128 Å². The van der Waals surface area contributed by atoms with Crippen molar-refractivity contribution in [3.63, 3.8) is 0 Å². The maximum Gasteiger partial charge on any atom is 0.246 e. The standard InChI is InChI=1S/C15H19N3O2S/c1-10-16-12(9-21-10)3-5-15(20)18-7-6-13-11(8-18)2-4-14(19)17-13/h3,5,9,11,13H,2,4,6-8H2,1H3,(H,17,19)/b5-3+. The fraction of sp³-hybridized carbons (Fsp3) is 0.533. The number of aryl methyl sites for hydroxylation is 1. The lowest BCUT2D eigenvalue weighted by molar-refractivity contribution is -0.130. The number of fused-ring (bicyclic) bond motifs is 1. The molecule has 3 rings (SSSR count). The number of aromatic nitrogens is 1. The summed E-state index contributed by atoms with van der Waals surface area (Å²) < 4.78 is 0. The van der Waals surface area contributed by atoms with Gasteiger partial charge in [0.1, 0.15) is 0 Å². The third kappa shape index (κ3) is 3.32. The fourth-order valence-electron chi connectivity index (χ4n) is 3.03. The minimum absolute atomic E-state index is 0.0380. The van der Waals surface area contributed by atoms with Crippen molar-refractivity contribution in [3.8, 4) is 0 Å². The van der Waals surface area contributed by atoms with Gasteiger partial charge in [0, 0.05) is 37.0 Å². The molecule has 0 bridgehead atoms. The number of hydrogen-bond acceptors (Lipinski definition) is 4. The zero-order chi connectivity index (χ0) is 14.8. The molecule has 0 radical (unpaired) electrons. The molecule has 2 saturated heterocycles. The van der Waals surface area contributed by atoms with E-state index in [1.807, 2.05) is 17.2 Å². The summed E-state index contributed by atoms with van der Waals surface area (Å²) in [6, 6.07) is 0.250. The third-order valence-corrected chi connectivity index (χ3v) is 4.96. The molecule has 112 valence electrons. The molecule has 1 aromatic rings. The Morgan fingerprint density at radius 3 is 3.14 bits per heavy atom. The van der Waals surface area contributed by atoms with Crippen LogP contribution < -0.4 is 5.32 Å². The molecule has 6 heteroatoms. The van der Waals surface area contributed by atoms with E-state index in [1.165, 1.54) is 0 Å². The first-order valence-electron chi connectivity index (χ1n) is 7.30. The molecular weight excluding hydrogens is 286 g/mol. The molecule has 2 atom stereocenters. The first kappa shape index (κ1) is 14.3. The summed E-state index contributed by atoms with van der Waals surface area (Å²) in [4.78, 5) is 29.8. The van der Waals surface area contributed by atoms with Crippen LogP contribution in [0.1, 0.15) is 30.0 Å². The molecule has 2 amide bonds. The summed E-state index contributed by atoms with van der Waals surface area (Å²) in [5.74, 6) is 0.584. The van der Waals surface area contributed by atoms with Crippen LogP contribution in [-0.4, -0.2) is 40.8 Å². The Bertz CT molecular complexity index is 581. The highest BCUT2D eigenvalue weighted by atomic mass is 32.1. The summed E-state index contributed by atoms with van der Waals surface area (Å²) in [6.07, 6.45) is 5.70. The highest BCUT2D eigenvalue weighted by Gasteiger charge is 2.34. The predicted octanol–water partition coefficient (Wildman–Crippen LogP) is 1.59. The van der Waals surface area contributed by atoms with E-state index >= 15 is 0 Å². The lowest BCUT2D eigenvalue weighted by atomic mass is 9.85. The summed E-state index contributed by atoms with van der Waals surface area (Å²) in [5, 5.41) is 5.98. The molecule has 2 fully saturated rings. The normalized spacial score (nSPS) is 25.8. The van der Waals surface area contributed by atoms with E-state index in [0.717, 1.165) is 30.1 Å². The topological polar surface area (TPSA) is 62.3 Å². The maximum atomic E-state index is 12.2. The average Bonchev–Trinajstić information content (AvgIpc) is 2.90. The van der Waals surface area contributed by atoms with Gasteiger partial charge in [-0.05, 0) is 31.8 Å². The quantitative estimate of drug-likeness (QED) is 0.844. The van der Waals surface area contributed by atoms with Crippen LogP contribution in [0.25, 0.3) is 6.08 Å². The van der Waals surface area contributed by atoms with E-state index in [1.54, 1.807) is 23.5 Å². The van der Waals surface area contributed by atoms with Crippen LogP contribution in [0.3, 0.4) is 0 Å². The van der Waals surface area contributed by atoms with Gasteiger partial charge in [-0.15, -0.1) is 11.3 Å². The van der Waals surface area contributed by atoms with Crippen LogP contribution in [0.15, 0.2) is 11.5 Å². The van der Waals surface area contributed by atoms with Crippen LogP contribution in [-0.2, 0) is 9.59 Å². The second-order valence-electron chi connectivity index (χ2n) is 5.67. The molecule has 3 heterocycles. The second-order valence-corrected chi connectivity index (χ2v) is 6.73. The van der Waals surface area contributed by atoms with Crippen LogP contribution in [0.5, 0.6) is 0 Å². The number of hydrogen-bond donors (Lipinski definition) is 1. The summed E-state index contributed by atoms with van der Waals surface area (Å²) in [5.41, 5.74) is 0.839. The van der Waals surface area contributed by atoms with Crippen molar-refractivity contribution in [2.24, 2.45) is 5.92 Å². The van der Waals surface area contributed by atoms with Gasteiger partial charge in [0.25, 0.3) is 0 Å². The molecule has 2 aliphatic heterocycles. The van der Waals surface area contributed by atoms with Gasteiger partial charge in [-0.2, -0.15) is 0 Å². The number of amides is 2. The van der Waals surface area contributed by atoms with Gasteiger partial charge in [-0.1, -0.05) is 0 Å². The SMILES string of the molecule is Cc1nc(/C=C/C(=O)N2CCC3NC(=O)CCC3C2)cs1. The Balaban J connectivity index is 1.59. The third-order valence-electron chi connectivity index (χ3n) is 4.17. The lowest BCUT2D eigenvalue weighted by Crippen LogP contribution is -2.54. The lowest BCUT2D eigenvalue weighted by Gasteiger charge is -2.41. The van der Waals surface area contributed by atoms with E-state index in [-0.39, 0.29) is 17.9 Å². The first-order chi connectivity index (χ1) is 10.1. The predicted molar refractivity (Wildman–Crippen MR) is 81.7 cm³/mol. The van der Waals surface area contributed by atoms with E-state index in [9.17, 15) is 9.59 Å². The van der Waals surface area contributed by atoms with E-state index in [4.69, 9.17) is 0 Å². The van der Waals surface area contributed by atoms with Crippen molar-refractivity contribution < 1.29 is 9.59 Å². The van der Waals surface area contributed by atoms with Crippen molar-refractivity contribution in [1.29, 1.82) is 0 Å². The van der Waals surface area contributed by atoms with Gasteiger partial charge in [0.05, 0.1) is 10.7 Å². The average molecular weight is 305 g/mol. The molecule has 0 aromatic carbocycles. The summed E-state index contributed by atoms with van der Waals surface area (Å²) in [6.45, 7) is 3.40. The van der Waals surface area contributed by atoms with Crippen LogP contribution >= 0.6 is 11.3 Å². The van der Waals surface area contributed by atoms with Crippen molar-refractivity contribution >= 4 is 29.2 Å². The van der Waals surface area contributed by atoms with Gasteiger partial charge < -0.3 is 10.2 Å². The molecular formula is C15H19N3O2S. The minimum atomic E-state index is 0.0380. The maximum absolute atomic E-state index is 12.2. The molecule has 21 heavy (non-hydrogen) atoms. The summed E-state index contributed by atoms with van der Waals surface area (Å²) >= 11 is 1.58. The largest absolute Gasteiger partial charge is 0.353 e. The number of carbonyl (C=O) groups excluding carboxylic acids is 2. The van der Waals surface area contributed by atoms with Crippen molar-refractivity contribution in [1.82, 2.24) is 15.2 Å². The van der Waals surface area contributed by atoms with Gasteiger partial charge in [0.2, 0.25) is 11.8 Å². The highest BCUT2D eigenvalue weighted by molar-refractivity contribution is 7.09. The van der Waals surface area contributed by atoms with E-state index < -0.39 is 0 Å². The number of nitrogens with one attached hydrogen (secondary N) is 1. The molecule has 1 N–H and O–H groups in total. The minimum Gasteiger partial charge on any atom is -0.353 e. The number of likely N-dealkylation sites (tertiary alicyclic amines) is 1. The number of piperidine rings is 2. The molecule has 2 unspecified atom stereocenters. The Hall–Kier alpha value is -1.69. The molecule has 1 aromatic heterocycles. The van der Waals surface area contributed by atoms with Crippen LogP contribution in [0.4, 0.5) is 0 Å². The second kappa shape index (κ2) is 5.97. The molecule has 2 aliphatic rings. The first-order valence-corrected chi connectivity index (χ1v) is 8.18. The van der Waals surface area contributed by atoms with Crippen molar-refractivity contribution in [2.75, 3.05) is 13.1 Å². The van der Waals surface area contributed by atoms with Gasteiger partial charge in [-0.25, -0.2) is 4.98 Å². The summed E-state index contributed by atoms with van der Waals surface area (Å²) in [7, 11) is 0. The molecule has 0 saturated carbocycles. The van der Waals surface area contributed by atoms with Gasteiger partial charge in [-0.3, -0.25) is 9.59 Å². The van der Waals surface area contributed by atoms with Gasteiger partial charge in [0.15, 0.2) is 0 Å². The van der Waals surface area contributed by atoms with Crippen LogP contribution in [0.2, 0.25) is 0 Å². The van der Waals surface area contributed by atoms with E-state index in [2.05, 4.69) is 10.3 Å². The zero-order valence-electron chi connectivity index (χ0n) is 12.0. The van der Waals surface area contributed by atoms with Gasteiger partial charge >= 0.3 is 0 Å². The fourth-order valence-corrected chi connectivity index (χ4v) is 3.61. The molecule has 0 spiro atoms. The van der Waals surface area contributed by atoms with Crippen molar-refractivity contribution in [3.05, 3.63) is 22.2 Å². The molecule has 5 nitrogen and oxygen atoms in total. The Morgan fingerprint density at radius 2 is 2.38 bits per heavy atom. The monoisotopic (exact) mass is 305 g/mol. The van der Waals surface area contributed by atoms with E-state index in [0.29, 0.717) is 18.9 Å². The smallest absolute Gasteiger partial charge is 0.246 e. The number of thiazole rings is 1.